The molecule has 2 rings (SSSR count). The zero-order chi connectivity index (χ0) is 20.0. The average Bonchev–Trinajstić information content (AvgIpc) is 2.63. The molecule has 2 aromatic rings. The van der Waals surface area contributed by atoms with Gasteiger partial charge in [-0.3, -0.25) is 9.52 Å². The second-order valence-corrected chi connectivity index (χ2v) is 8.05. The lowest BCUT2D eigenvalue weighted by atomic mass is 10.2. The molecule has 0 aliphatic rings. The van der Waals surface area contributed by atoms with Gasteiger partial charge in [-0.2, -0.15) is 0 Å². The SMILES string of the molecule is CCOc1ccc(NS(=O)(=O)c2cc(C(=O)N[C@H](C)CC)ccc2Cl)cc1. The van der Waals surface area contributed by atoms with E-state index in [0.717, 1.165) is 6.42 Å². The lowest BCUT2D eigenvalue weighted by Crippen LogP contribution is -2.32. The van der Waals surface area contributed by atoms with Gasteiger partial charge in [-0.15, -0.1) is 0 Å². The van der Waals surface area contributed by atoms with Crippen molar-refractivity contribution in [3.8, 4) is 5.75 Å². The molecule has 2 aromatic carbocycles. The number of ether oxygens (including phenoxy) is 1. The zero-order valence-corrected chi connectivity index (χ0v) is 17.0. The average molecular weight is 411 g/mol. The Labute approximate surface area is 164 Å². The highest BCUT2D eigenvalue weighted by Crippen LogP contribution is 2.26. The van der Waals surface area contributed by atoms with Gasteiger partial charge >= 0.3 is 0 Å². The summed E-state index contributed by atoms with van der Waals surface area (Å²) in [5.74, 6) is 0.292. The van der Waals surface area contributed by atoms with Gasteiger partial charge in [-0.1, -0.05) is 18.5 Å². The third kappa shape index (κ3) is 5.61. The first-order valence-corrected chi connectivity index (χ1v) is 10.5. The Balaban J connectivity index is 2.26. The van der Waals surface area contributed by atoms with Crippen LogP contribution in [0.25, 0.3) is 0 Å². The molecular weight excluding hydrogens is 388 g/mol. The maximum Gasteiger partial charge on any atom is 0.263 e. The molecule has 6 nitrogen and oxygen atoms in total. The number of rotatable bonds is 8. The van der Waals surface area contributed by atoms with Crippen molar-refractivity contribution in [2.24, 2.45) is 0 Å². The van der Waals surface area contributed by atoms with Gasteiger partial charge in [-0.05, 0) is 62.7 Å². The topological polar surface area (TPSA) is 84.5 Å². The predicted molar refractivity (Wildman–Crippen MR) is 107 cm³/mol. The highest BCUT2D eigenvalue weighted by atomic mass is 35.5. The molecule has 0 aliphatic carbocycles. The van der Waals surface area contributed by atoms with E-state index >= 15 is 0 Å². The molecule has 0 aromatic heterocycles. The van der Waals surface area contributed by atoms with Crippen molar-refractivity contribution in [2.75, 3.05) is 11.3 Å². The number of carbonyl (C=O) groups is 1. The van der Waals surface area contributed by atoms with E-state index in [1.807, 2.05) is 20.8 Å². The summed E-state index contributed by atoms with van der Waals surface area (Å²) in [6, 6.07) is 10.7. The summed E-state index contributed by atoms with van der Waals surface area (Å²) < 4.78 is 33.3. The van der Waals surface area contributed by atoms with E-state index in [4.69, 9.17) is 16.3 Å². The van der Waals surface area contributed by atoms with Crippen LogP contribution in [0, 0.1) is 0 Å². The largest absolute Gasteiger partial charge is 0.494 e. The Morgan fingerprint density at radius 3 is 2.41 bits per heavy atom. The number of halogens is 1. The van der Waals surface area contributed by atoms with E-state index in [9.17, 15) is 13.2 Å². The maximum atomic E-state index is 12.7. The highest BCUT2D eigenvalue weighted by molar-refractivity contribution is 7.92. The van der Waals surface area contributed by atoms with Crippen molar-refractivity contribution in [3.63, 3.8) is 0 Å². The van der Waals surface area contributed by atoms with Crippen molar-refractivity contribution in [3.05, 3.63) is 53.1 Å². The third-order valence-corrected chi connectivity index (χ3v) is 5.75. The Morgan fingerprint density at radius 2 is 1.81 bits per heavy atom. The smallest absolute Gasteiger partial charge is 0.263 e. The predicted octanol–water partition coefficient (Wildman–Crippen LogP) is 4.07. The van der Waals surface area contributed by atoms with Crippen molar-refractivity contribution >= 4 is 33.2 Å². The monoisotopic (exact) mass is 410 g/mol. The van der Waals surface area contributed by atoms with E-state index in [-0.39, 0.29) is 27.4 Å². The number of benzene rings is 2. The highest BCUT2D eigenvalue weighted by Gasteiger charge is 2.21. The van der Waals surface area contributed by atoms with Crippen LogP contribution in [0.3, 0.4) is 0 Å². The van der Waals surface area contributed by atoms with Crippen LogP contribution >= 0.6 is 11.6 Å². The molecule has 0 spiro atoms. The fourth-order valence-electron chi connectivity index (χ4n) is 2.26. The van der Waals surface area contributed by atoms with Gasteiger partial charge in [0.1, 0.15) is 10.6 Å². The molecule has 0 radical (unpaired) electrons. The second-order valence-electron chi connectivity index (χ2n) is 5.99. The minimum atomic E-state index is -3.96. The van der Waals surface area contributed by atoms with Crippen molar-refractivity contribution in [1.82, 2.24) is 5.32 Å². The Bertz CT molecular complexity index is 898. The molecule has 0 bridgehead atoms. The van der Waals surface area contributed by atoms with Crippen molar-refractivity contribution < 1.29 is 17.9 Å². The summed E-state index contributed by atoms with van der Waals surface area (Å²) in [6.45, 7) is 6.21. The van der Waals surface area contributed by atoms with Crippen LogP contribution in [0.2, 0.25) is 5.02 Å². The molecule has 1 amide bonds. The second kappa shape index (κ2) is 9.10. The Hall–Kier alpha value is -2.25. The zero-order valence-electron chi connectivity index (χ0n) is 15.5. The molecule has 8 heteroatoms. The van der Waals surface area contributed by atoms with E-state index in [2.05, 4.69) is 10.0 Å². The van der Waals surface area contributed by atoms with Gasteiger partial charge in [0.05, 0.1) is 11.6 Å². The van der Waals surface area contributed by atoms with Gasteiger partial charge in [0.25, 0.3) is 15.9 Å². The first kappa shape index (κ1) is 21.1. The van der Waals surface area contributed by atoms with Gasteiger partial charge in [0, 0.05) is 17.3 Å². The normalized spacial score (nSPS) is 12.3. The van der Waals surface area contributed by atoms with Crippen LogP contribution in [-0.2, 0) is 10.0 Å². The standard InChI is InChI=1S/C19H23ClN2O4S/c1-4-13(3)21-19(23)14-6-11-17(20)18(12-14)27(24,25)22-15-7-9-16(10-8-15)26-5-2/h6-13,22H,4-5H2,1-3H3,(H,21,23)/t13-/m1/s1. The molecule has 0 saturated heterocycles. The molecule has 0 heterocycles. The Kier molecular flexibility index (Phi) is 7.10. The van der Waals surface area contributed by atoms with Crippen molar-refractivity contribution in [1.29, 1.82) is 0 Å². The summed E-state index contributed by atoms with van der Waals surface area (Å²) in [7, 11) is -3.96. The van der Waals surface area contributed by atoms with E-state index in [1.165, 1.54) is 18.2 Å². The number of hydrogen-bond acceptors (Lipinski definition) is 4. The van der Waals surface area contributed by atoms with Gasteiger partial charge in [-0.25, -0.2) is 8.42 Å². The fourth-order valence-corrected chi connectivity index (χ4v) is 3.84. The first-order valence-electron chi connectivity index (χ1n) is 8.63. The van der Waals surface area contributed by atoms with Crippen LogP contribution in [0.15, 0.2) is 47.4 Å². The van der Waals surface area contributed by atoms with E-state index in [1.54, 1.807) is 24.3 Å². The van der Waals surface area contributed by atoms with Gasteiger partial charge in [0.15, 0.2) is 0 Å². The summed E-state index contributed by atoms with van der Waals surface area (Å²) in [4.78, 5) is 12.1. The molecule has 1 atom stereocenters. The minimum absolute atomic E-state index is 0.0183. The molecular formula is C19H23ClN2O4S. The fraction of sp³-hybridized carbons (Fsp3) is 0.316. The summed E-state index contributed by atoms with van der Waals surface area (Å²) in [5, 5.41) is 2.84. The summed E-state index contributed by atoms with van der Waals surface area (Å²) >= 11 is 6.08. The van der Waals surface area contributed by atoms with E-state index < -0.39 is 10.0 Å². The van der Waals surface area contributed by atoms with E-state index in [0.29, 0.717) is 18.0 Å². The summed E-state index contributed by atoms with van der Waals surface area (Å²) in [6.07, 6.45) is 0.768. The van der Waals surface area contributed by atoms with Crippen molar-refractivity contribution in [2.45, 2.75) is 38.1 Å². The number of amides is 1. The van der Waals surface area contributed by atoms with Gasteiger partial charge in [0.2, 0.25) is 0 Å². The maximum absolute atomic E-state index is 12.7. The molecule has 0 fully saturated rings. The van der Waals surface area contributed by atoms with Crippen LogP contribution in [0.5, 0.6) is 5.75 Å². The lowest BCUT2D eigenvalue weighted by molar-refractivity contribution is 0.0939. The molecule has 0 unspecified atom stereocenters. The minimum Gasteiger partial charge on any atom is -0.494 e. The molecule has 2 N–H and O–H groups in total. The third-order valence-electron chi connectivity index (χ3n) is 3.89. The molecule has 0 aliphatic heterocycles. The van der Waals surface area contributed by atoms with Crippen LogP contribution < -0.4 is 14.8 Å². The molecule has 0 saturated carbocycles. The number of carbonyl (C=O) groups excluding carboxylic acids is 1. The Morgan fingerprint density at radius 1 is 1.15 bits per heavy atom. The number of sulfonamides is 1. The lowest BCUT2D eigenvalue weighted by Gasteiger charge is -2.14. The number of hydrogen-bond donors (Lipinski definition) is 2. The van der Waals surface area contributed by atoms with Crippen LogP contribution in [-0.4, -0.2) is 27.0 Å². The van der Waals surface area contributed by atoms with Crippen LogP contribution in [0.4, 0.5) is 5.69 Å². The molecule has 146 valence electrons. The molecule has 27 heavy (non-hydrogen) atoms. The number of nitrogens with one attached hydrogen (secondary N) is 2. The summed E-state index contributed by atoms with van der Waals surface area (Å²) in [5.41, 5.74) is 0.593. The van der Waals surface area contributed by atoms with Crippen LogP contribution in [0.1, 0.15) is 37.6 Å². The first-order chi connectivity index (χ1) is 12.8. The quantitative estimate of drug-likeness (QED) is 0.687. The number of anilines is 1. The van der Waals surface area contributed by atoms with Gasteiger partial charge < -0.3 is 10.1 Å².